The van der Waals surface area contributed by atoms with Crippen molar-refractivity contribution in [2.24, 2.45) is 0 Å². The number of benzene rings is 9. The van der Waals surface area contributed by atoms with Crippen molar-refractivity contribution in [2.75, 3.05) is 0 Å². The van der Waals surface area contributed by atoms with Crippen LogP contribution < -0.4 is 0 Å². The van der Waals surface area contributed by atoms with Gasteiger partial charge in [-0.1, -0.05) is 200 Å². The molecule has 0 spiro atoms. The van der Waals surface area contributed by atoms with Gasteiger partial charge in [-0.15, -0.1) is 0 Å². The minimum Gasteiger partial charge on any atom is -0.248 e. The lowest BCUT2D eigenvalue weighted by Crippen LogP contribution is -1.94. The molecule has 290 valence electrons. The van der Waals surface area contributed by atoms with Gasteiger partial charge in [-0.3, -0.25) is 0 Å². The monoisotopic (exact) mass is 788 g/mol. The van der Waals surface area contributed by atoms with E-state index in [9.17, 15) is 0 Å². The molecule has 0 unspecified atom stereocenters. The average molecular weight is 789 g/mol. The lowest BCUT2D eigenvalue weighted by Gasteiger charge is -2.17. The van der Waals surface area contributed by atoms with E-state index in [1.54, 1.807) is 0 Å². The van der Waals surface area contributed by atoms with Gasteiger partial charge in [0, 0.05) is 27.6 Å². The predicted octanol–water partition coefficient (Wildman–Crippen LogP) is 16.1. The molecule has 2 heteroatoms. The third-order valence-electron chi connectivity index (χ3n) is 11.8. The van der Waals surface area contributed by atoms with Crippen LogP contribution in [-0.4, -0.2) is 9.97 Å². The summed E-state index contributed by atoms with van der Waals surface area (Å²) >= 11 is 0. The zero-order valence-electron chi connectivity index (χ0n) is 34.0. The Bertz CT molecular complexity index is 3290. The van der Waals surface area contributed by atoms with Crippen molar-refractivity contribution in [1.82, 2.24) is 9.97 Å². The summed E-state index contributed by atoms with van der Waals surface area (Å²) < 4.78 is 0. The first kappa shape index (κ1) is 36.8. The minimum atomic E-state index is 0.923. The van der Waals surface area contributed by atoms with Crippen LogP contribution in [0.5, 0.6) is 0 Å². The normalized spacial score (nSPS) is 11.2. The van der Waals surface area contributed by atoms with Gasteiger partial charge in [0.15, 0.2) is 0 Å². The molecule has 0 saturated heterocycles. The molecule has 9 aromatic carbocycles. The maximum Gasteiger partial charge on any atom is 0.0800 e. The summed E-state index contributed by atoms with van der Waals surface area (Å²) in [5.74, 6) is 0. The van der Waals surface area contributed by atoms with Gasteiger partial charge >= 0.3 is 0 Å². The molecule has 0 atom stereocenters. The van der Waals surface area contributed by atoms with Crippen LogP contribution in [0.1, 0.15) is 0 Å². The van der Waals surface area contributed by atoms with E-state index in [1.807, 2.05) is 0 Å². The van der Waals surface area contributed by atoms with Crippen molar-refractivity contribution in [3.8, 4) is 89.4 Å². The Morgan fingerprint density at radius 1 is 0.226 bits per heavy atom. The smallest absolute Gasteiger partial charge is 0.0800 e. The fraction of sp³-hybridized carbons (Fsp3) is 0. The Morgan fingerprint density at radius 3 is 1.18 bits per heavy atom. The molecule has 11 aromatic rings. The van der Waals surface area contributed by atoms with Crippen molar-refractivity contribution in [3.63, 3.8) is 0 Å². The maximum atomic E-state index is 5.48. The summed E-state index contributed by atoms with van der Waals surface area (Å²) in [6.07, 6.45) is 0. The van der Waals surface area contributed by atoms with E-state index in [2.05, 4.69) is 243 Å². The van der Waals surface area contributed by atoms with Gasteiger partial charge in [-0.05, 0) is 103 Å². The molecular formula is C60H40N2. The fourth-order valence-electron chi connectivity index (χ4n) is 8.72. The van der Waals surface area contributed by atoms with Gasteiger partial charge in [0.2, 0.25) is 0 Å². The number of fused-ring (bicyclic) bond motifs is 3. The van der Waals surface area contributed by atoms with Crippen molar-refractivity contribution < 1.29 is 0 Å². The fourth-order valence-corrected chi connectivity index (χ4v) is 8.72. The third-order valence-corrected chi connectivity index (χ3v) is 11.8. The third kappa shape index (κ3) is 7.14. The lowest BCUT2D eigenvalue weighted by molar-refractivity contribution is 1.32. The highest BCUT2D eigenvalue weighted by Crippen LogP contribution is 2.42. The topological polar surface area (TPSA) is 25.8 Å². The van der Waals surface area contributed by atoms with Gasteiger partial charge in [0.25, 0.3) is 0 Å². The van der Waals surface area contributed by atoms with Crippen LogP contribution >= 0.6 is 0 Å². The molecule has 0 N–H and O–H groups in total. The highest BCUT2D eigenvalue weighted by Gasteiger charge is 2.18. The average Bonchev–Trinajstić information content (AvgIpc) is 3.37. The second-order valence-electron chi connectivity index (χ2n) is 15.8. The van der Waals surface area contributed by atoms with Crippen LogP contribution in [0, 0.1) is 0 Å². The lowest BCUT2D eigenvalue weighted by atomic mass is 9.90. The summed E-state index contributed by atoms with van der Waals surface area (Å²) in [7, 11) is 0. The first-order valence-electron chi connectivity index (χ1n) is 21.1. The quantitative estimate of drug-likeness (QED) is 0.143. The number of hydrogen-bond donors (Lipinski definition) is 0. The molecule has 2 nitrogen and oxygen atoms in total. The predicted molar refractivity (Wildman–Crippen MR) is 261 cm³/mol. The molecule has 0 aliphatic rings. The molecule has 0 amide bonds. The SMILES string of the molecule is c1ccc(-c2cc(-c3ccccc3)cc(-c3cc(-c4ccc(-c5cc6ccccc6c6c(-c7ccccc7)cc(-c7ccccc7)nc56)cc4)cc(-c4ccccc4)n3)c2)cc1. The minimum absolute atomic E-state index is 0.923. The van der Waals surface area contributed by atoms with Crippen LogP contribution in [0.15, 0.2) is 243 Å². The maximum absolute atomic E-state index is 5.48. The van der Waals surface area contributed by atoms with E-state index >= 15 is 0 Å². The molecule has 2 aromatic heterocycles. The molecule has 0 fully saturated rings. The number of aromatic nitrogens is 2. The van der Waals surface area contributed by atoms with Crippen LogP contribution in [0.2, 0.25) is 0 Å². The number of pyridine rings is 2. The van der Waals surface area contributed by atoms with Gasteiger partial charge < -0.3 is 0 Å². The highest BCUT2D eigenvalue weighted by atomic mass is 14.7. The van der Waals surface area contributed by atoms with Crippen LogP contribution in [0.4, 0.5) is 0 Å². The molecule has 2 heterocycles. The Morgan fingerprint density at radius 2 is 0.613 bits per heavy atom. The summed E-state index contributed by atoms with van der Waals surface area (Å²) in [5, 5.41) is 3.54. The van der Waals surface area contributed by atoms with Crippen LogP contribution in [0.3, 0.4) is 0 Å². The number of hydrogen-bond acceptors (Lipinski definition) is 2. The van der Waals surface area contributed by atoms with Gasteiger partial charge in [0.05, 0.1) is 22.6 Å². The zero-order chi connectivity index (χ0) is 41.2. The van der Waals surface area contributed by atoms with E-state index in [-0.39, 0.29) is 0 Å². The van der Waals surface area contributed by atoms with Crippen LogP contribution in [0.25, 0.3) is 111 Å². The van der Waals surface area contributed by atoms with Crippen molar-refractivity contribution >= 4 is 21.7 Å². The van der Waals surface area contributed by atoms with Crippen molar-refractivity contribution in [1.29, 1.82) is 0 Å². The van der Waals surface area contributed by atoms with E-state index in [0.29, 0.717) is 0 Å². The molecule has 0 bridgehead atoms. The molecule has 0 radical (unpaired) electrons. The van der Waals surface area contributed by atoms with Crippen molar-refractivity contribution in [2.45, 2.75) is 0 Å². The molecule has 0 saturated carbocycles. The summed E-state index contributed by atoms with van der Waals surface area (Å²) in [6.45, 7) is 0. The number of nitrogens with zero attached hydrogens (tertiary/aromatic N) is 2. The van der Waals surface area contributed by atoms with Crippen molar-refractivity contribution in [3.05, 3.63) is 243 Å². The van der Waals surface area contributed by atoms with Crippen LogP contribution in [-0.2, 0) is 0 Å². The largest absolute Gasteiger partial charge is 0.248 e. The van der Waals surface area contributed by atoms with E-state index in [1.165, 1.54) is 33.0 Å². The Labute approximate surface area is 362 Å². The highest BCUT2D eigenvalue weighted by molar-refractivity contribution is 6.18. The summed E-state index contributed by atoms with van der Waals surface area (Å²) in [4.78, 5) is 10.8. The van der Waals surface area contributed by atoms with E-state index < -0.39 is 0 Å². The molecule has 62 heavy (non-hydrogen) atoms. The van der Waals surface area contributed by atoms with Gasteiger partial charge in [-0.25, -0.2) is 9.97 Å². The summed E-state index contributed by atoms with van der Waals surface area (Å²) in [5.41, 5.74) is 18.5. The Kier molecular flexibility index (Phi) is 9.57. The van der Waals surface area contributed by atoms with E-state index in [4.69, 9.17) is 9.97 Å². The second kappa shape index (κ2) is 16.1. The first-order chi connectivity index (χ1) is 30.7. The van der Waals surface area contributed by atoms with Gasteiger partial charge in [-0.2, -0.15) is 0 Å². The standard InChI is InChI=1S/C60H40N2/c1-6-18-41(19-7-1)49-34-50(42-20-8-2-9-21-42)36-52(35-49)57-39-51(38-56(61-57)46-24-12-4-13-25-46)43-30-32-45(33-31-43)55-37-48-28-16-17-29-53(48)59-54(44-22-10-3-11-23-44)40-58(62-60(55)59)47-26-14-5-15-27-47/h1-40H. The molecule has 11 rings (SSSR count). The number of rotatable bonds is 8. The first-order valence-corrected chi connectivity index (χ1v) is 21.1. The van der Waals surface area contributed by atoms with Gasteiger partial charge in [0.1, 0.15) is 0 Å². The molecular weight excluding hydrogens is 749 g/mol. The Balaban J connectivity index is 1.08. The Hall–Kier alpha value is -8.20. The summed E-state index contributed by atoms with van der Waals surface area (Å²) in [6, 6.07) is 86.5. The zero-order valence-corrected chi connectivity index (χ0v) is 34.0. The molecule has 0 aliphatic heterocycles. The molecule has 0 aliphatic carbocycles. The van der Waals surface area contributed by atoms with E-state index in [0.717, 1.165) is 78.1 Å². The second-order valence-corrected chi connectivity index (χ2v) is 15.8.